The maximum Gasteiger partial charge on any atom is 0.217 e. The molecule has 1 heterocycles. The van der Waals surface area contributed by atoms with Gasteiger partial charge in [0, 0.05) is 0 Å². The standard InChI is InChI=1S/C10H9N2O/c1-13-10-9(7-11-12-10)8-5-3-2-4-6-8/h2-6H,1H3,(H,11,12). The van der Waals surface area contributed by atoms with Crippen molar-refractivity contribution in [2.45, 2.75) is 0 Å². The Kier molecular flexibility index (Phi) is 2.00. The molecule has 2 rings (SSSR count). The summed E-state index contributed by atoms with van der Waals surface area (Å²) in [5.74, 6) is 0.645. The van der Waals surface area contributed by atoms with E-state index < -0.39 is 0 Å². The maximum absolute atomic E-state index is 5.09. The molecule has 0 saturated carbocycles. The Labute approximate surface area is 76.4 Å². The first-order valence-corrected chi connectivity index (χ1v) is 3.97. The number of H-pyrrole nitrogens is 1. The van der Waals surface area contributed by atoms with Crippen LogP contribution in [0.4, 0.5) is 0 Å². The van der Waals surface area contributed by atoms with Crippen LogP contribution in [0, 0.1) is 6.20 Å². The van der Waals surface area contributed by atoms with Gasteiger partial charge in [0.15, 0.2) is 0 Å². The lowest BCUT2D eigenvalue weighted by molar-refractivity contribution is 0.398. The summed E-state index contributed by atoms with van der Waals surface area (Å²) in [7, 11) is 1.60. The van der Waals surface area contributed by atoms with Gasteiger partial charge in [-0.15, -0.1) is 0 Å². The first kappa shape index (κ1) is 7.86. The summed E-state index contributed by atoms with van der Waals surface area (Å²) >= 11 is 0. The van der Waals surface area contributed by atoms with Crippen LogP contribution >= 0.6 is 0 Å². The van der Waals surface area contributed by atoms with Crippen molar-refractivity contribution >= 4 is 0 Å². The molecule has 0 aliphatic rings. The number of aromatic amines is 1. The summed E-state index contributed by atoms with van der Waals surface area (Å²) in [5, 5.41) is 6.52. The van der Waals surface area contributed by atoms with Crippen molar-refractivity contribution in [3.05, 3.63) is 36.5 Å². The lowest BCUT2D eigenvalue weighted by Crippen LogP contribution is -1.84. The minimum Gasteiger partial charge on any atom is -0.481 e. The molecule has 0 saturated heterocycles. The van der Waals surface area contributed by atoms with Crippen molar-refractivity contribution in [3.63, 3.8) is 0 Å². The second-order valence-electron chi connectivity index (χ2n) is 2.61. The van der Waals surface area contributed by atoms with Gasteiger partial charge in [0.1, 0.15) is 6.20 Å². The molecule has 0 fully saturated rings. The summed E-state index contributed by atoms with van der Waals surface area (Å²) in [4.78, 5) is 0. The van der Waals surface area contributed by atoms with Crippen molar-refractivity contribution in [2.75, 3.05) is 7.11 Å². The Bertz CT molecular complexity index is 381. The minimum atomic E-state index is 0.645. The Morgan fingerprint density at radius 1 is 1.31 bits per heavy atom. The van der Waals surface area contributed by atoms with E-state index in [1.807, 2.05) is 30.3 Å². The minimum absolute atomic E-state index is 0.645. The highest BCUT2D eigenvalue weighted by atomic mass is 16.5. The second kappa shape index (κ2) is 3.31. The summed E-state index contributed by atoms with van der Waals surface area (Å²) in [6.45, 7) is 0. The van der Waals surface area contributed by atoms with E-state index in [1.165, 1.54) is 0 Å². The Morgan fingerprint density at radius 3 is 2.77 bits per heavy atom. The summed E-state index contributed by atoms with van der Waals surface area (Å²) in [6, 6.07) is 9.88. The van der Waals surface area contributed by atoms with Crippen molar-refractivity contribution in [2.24, 2.45) is 0 Å². The first-order valence-electron chi connectivity index (χ1n) is 3.97. The summed E-state index contributed by atoms with van der Waals surface area (Å²) < 4.78 is 5.09. The van der Waals surface area contributed by atoms with E-state index in [0.29, 0.717) is 5.88 Å². The molecule has 3 heteroatoms. The number of aromatic nitrogens is 2. The second-order valence-corrected chi connectivity index (χ2v) is 2.61. The van der Waals surface area contributed by atoms with E-state index in [9.17, 15) is 0 Å². The highest BCUT2D eigenvalue weighted by molar-refractivity contribution is 5.66. The third kappa shape index (κ3) is 1.40. The first-order chi connectivity index (χ1) is 6.42. The number of nitrogens with one attached hydrogen (secondary N) is 1. The van der Waals surface area contributed by atoms with Crippen LogP contribution in [-0.4, -0.2) is 17.3 Å². The van der Waals surface area contributed by atoms with Crippen molar-refractivity contribution < 1.29 is 4.74 Å². The number of benzene rings is 1. The molecule has 0 aliphatic carbocycles. The molecule has 65 valence electrons. The average Bonchev–Trinajstić information content (AvgIpc) is 2.67. The smallest absolute Gasteiger partial charge is 0.217 e. The normalized spacial score (nSPS) is 9.92. The van der Waals surface area contributed by atoms with Crippen LogP contribution in [0.15, 0.2) is 30.3 Å². The van der Waals surface area contributed by atoms with Gasteiger partial charge in [-0.05, 0) is 5.56 Å². The van der Waals surface area contributed by atoms with Crippen LogP contribution in [0.3, 0.4) is 0 Å². The quantitative estimate of drug-likeness (QED) is 0.753. The molecule has 13 heavy (non-hydrogen) atoms. The van der Waals surface area contributed by atoms with Gasteiger partial charge in [-0.2, -0.15) is 5.10 Å². The zero-order valence-electron chi connectivity index (χ0n) is 7.24. The van der Waals surface area contributed by atoms with Crippen molar-refractivity contribution in [1.29, 1.82) is 0 Å². The van der Waals surface area contributed by atoms with Crippen LogP contribution in [-0.2, 0) is 0 Å². The molecule has 1 aromatic carbocycles. The van der Waals surface area contributed by atoms with Gasteiger partial charge in [-0.3, -0.25) is 0 Å². The molecule has 1 N–H and O–H groups in total. The number of hydrogen-bond donors (Lipinski definition) is 1. The zero-order chi connectivity index (χ0) is 9.10. The molecule has 1 aromatic heterocycles. The predicted octanol–water partition coefficient (Wildman–Crippen LogP) is 1.89. The topological polar surface area (TPSA) is 37.9 Å². The SMILES string of the molecule is COc1[nH]n[c]c1-c1ccccc1. The molecule has 0 aliphatic heterocycles. The highest BCUT2D eigenvalue weighted by Crippen LogP contribution is 2.25. The van der Waals surface area contributed by atoms with Gasteiger partial charge < -0.3 is 4.74 Å². The fourth-order valence-corrected chi connectivity index (χ4v) is 1.19. The number of rotatable bonds is 2. The Hall–Kier alpha value is -1.77. The van der Waals surface area contributed by atoms with E-state index in [4.69, 9.17) is 4.74 Å². The molecule has 0 unspecified atom stereocenters. The Morgan fingerprint density at radius 2 is 2.08 bits per heavy atom. The van der Waals surface area contributed by atoms with E-state index >= 15 is 0 Å². The molecule has 2 aromatic rings. The lowest BCUT2D eigenvalue weighted by Gasteiger charge is -1.99. The summed E-state index contributed by atoms with van der Waals surface area (Å²) in [5.41, 5.74) is 1.91. The fourth-order valence-electron chi connectivity index (χ4n) is 1.19. The average molecular weight is 173 g/mol. The van der Waals surface area contributed by atoms with Gasteiger partial charge in [0.05, 0.1) is 12.7 Å². The monoisotopic (exact) mass is 173 g/mol. The maximum atomic E-state index is 5.09. The number of methoxy groups -OCH3 is 1. The van der Waals surface area contributed by atoms with E-state index in [1.54, 1.807) is 7.11 Å². The molecule has 1 radical (unpaired) electrons. The van der Waals surface area contributed by atoms with Crippen LogP contribution < -0.4 is 4.74 Å². The van der Waals surface area contributed by atoms with Crippen LogP contribution in [0.1, 0.15) is 0 Å². The van der Waals surface area contributed by atoms with Crippen LogP contribution in [0.5, 0.6) is 5.88 Å². The largest absolute Gasteiger partial charge is 0.481 e. The predicted molar refractivity (Wildman–Crippen MR) is 49.4 cm³/mol. The number of hydrogen-bond acceptors (Lipinski definition) is 2. The van der Waals surface area contributed by atoms with Crippen molar-refractivity contribution in [3.8, 4) is 17.0 Å². The third-order valence-electron chi connectivity index (χ3n) is 1.82. The number of nitrogens with zero attached hydrogens (tertiary/aromatic N) is 1. The number of ether oxygens (including phenoxy) is 1. The van der Waals surface area contributed by atoms with Gasteiger partial charge in [-0.1, -0.05) is 30.3 Å². The van der Waals surface area contributed by atoms with Crippen LogP contribution in [0.25, 0.3) is 11.1 Å². The molecular weight excluding hydrogens is 164 g/mol. The molecular formula is C10H9N2O. The van der Waals surface area contributed by atoms with E-state index in [-0.39, 0.29) is 0 Å². The highest BCUT2D eigenvalue weighted by Gasteiger charge is 2.06. The van der Waals surface area contributed by atoms with E-state index in [0.717, 1.165) is 11.1 Å². The van der Waals surface area contributed by atoms with Crippen LogP contribution in [0.2, 0.25) is 0 Å². The van der Waals surface area contributed by atoms with Gasteiger partial charge in [0.2, 0.25) is 5.88 Å². The van der Waals surface area contributed by atoms with Gasteiger partial charge in [-0.25, -0.2) is 5.10 Å². The fraction of sp³-hybridized carbons (Fsp3) is 0.100. The molecule has 0 atom stereocenters. The van der Waals surface area contributed by atoms with E-state index in [2.05, 4.69) is 16.4 Å². The third-order valence-corrected chi connectivity index (χ3v) is 1.82. The van der Waals surface area contributed by atoms with Crippen molar-refractivity contribution in [1.82, 2.24) is 10.2 Å². The molecule has 0 bridgehead atoms. The lowest BCUT2D eigenvalue weighted by atomic mass is 10.1. The molecule has 3 nitrogen and oxygen atoms in total. The molecule has 0 spiro atoms. The zero-order valence-corrected chi connectivity index (χ0v) is 7.24. The van der Waals surface area contributed by atoms with Gasteiger partial charge >= 0.3 is 0 Å². The summed E-state index contributed by atoms with van der Waals surface area (Å²) in [6.07, 6.45) is 2.84. The molecule has 0 amide bonds. The van der Waals surface area contributed by atoms with Gasteiger partial charge in [0.25, 0.3) is 0 Å². The Balaban J connectivity index is 2.47.